The lowest BCUT2D eigenvalue weighted by molar-refractivity contribution is -0.126. The molecule has 2 N–H and O–H groups in total. The predicted molar refractivity (Wildman–Crippen MR) is 92.3 cm³/mol. The zero-order chi connectivity index (χ0) is 17.2. The average molecular weight is 346 g/mol. The first-order valence-corrected chi connectivity index (χ1v) is 9.52. The van der Waals surface area contributed by atoms with Crippen LogP contribution in [0.25, 0.3) is 10.8 Å². The van der Waals surface area contributed by atoms with Gasteiger partial charge in [-0.2, -0.15) is 0 Å². The monoisotopic (exact) mass is 346 g/mol. The summed E-state index contributed by atoms with van der Waals surface area (Å²) >= 11 is 0. The number of carbonyl (C=O) groups excluding carboxylic acids is 2. The molecule has 7 heteroatoms. The minimum Gasteiger partial charge on any atom is -0.347 e. The van der Waals surface area contributed by atoms with E-state index in [1.54, 1.807) is 6.07 Å². The normalized spacial score (nSPS) is 19.1. The molecule has 1 fully saturated rings. The van der Waals surface area contributed by atoms with Crippen molar-refractivity contribution >= 4 is 38.1 Å². The Morgan fingerprint density at radius 1 is 1.08 bits per heavy atom. The first kappa shape index (κ1) is 16.4. The number of nitrogens with one attached hydrogen (secondary N) is 2. The summed E-state index contributed by atoms with van der Waals surface area (Å²) in [5, 5.41) is 7.22. The standard InChI is InChI=1S/C17H18N2O4S/c20-16(10-18-17(21)13-8-9-24(22,23)11-13)19-15-7-3-5-12-4-1-2-6-14(12)15/h1-7,13H,8-11H2,(H,18,21)(H,19,20). The van der Waals surface area contributed by atoms with Crippen LogP contribution in [0, 0.1) is 5.92 Å². The van der Waals surface area contributed by atoms with Crippen LogP contribution in [0.15, 0.2) is 42.5 Å². The maximum absolute atomic E-state index is 12.1. The summed E-state index contributed by atoms with van der Waals surface area (Å²) < 4.78 is 22.8. The van der Waals surface area contributed by atoms with E-state index in [-0.39, 0.29) is 29.9 Å². The first-order valence-electron chi connectivity index (χ1n) is 7.70. The maximum atomic E-state index is 12.1. The van der Waals surface area contributed by atoms with Crippen molar-refractivity contribution in [2.24, 2.45) is 5.92 Å². The van der Waals surface area contributed by atoms with E-state index >= 15 is 0 Å². The Morgan fingerprint density at radius 2 is 1.83 bits per heavy atom. The van der Waals surface area contributed by atoms with Gasteiger partial charge in [0.25, 0.3) is 0 Å². The van der Waals surface area contributed by atoms with Crippen LogP contribution in [0.4, 0.5) is 5.69 Å². The fourth-order valence-electron chi connectivity index (χ4n) is 2.84. The SMILES string of the molecule is O=C(CNC(=O)C1CCS(=O)(=O)C1)Nc1cccc2ccccc12. The van der Waals surface area contributed by atoms with Gasteiger partial charge in [0.1, 0.15) is 0 Å². The Morgan fingerprint density at radius 3 is 2.58 bits per heavy atom. The van der Waals surface area contributed by atoms with Crippen LogP contribution in [-0.2, 0) is 19.4 Å². The lowest BCUT2D eigenvalue weighted by Crippen LogP contribution is -2.37. The number of amides is 2. The van der Waals surface area contributed by atoms with Crippen molar-refractivity contribution in [2.45, 2.75) is 6.42 Å². The lowest BCUT2D eigenvalue weighted by Gasteiger charge is -2.11. The van der Waals surface area contributed by atoms with Gasteiger partial charge in [0.05, 0.1) is 24.0 Å². The van der Waals surface area contributed by atoms with Crippen LogP contribution in [0.3, 0.4) is 0 Å². The zero-order valence-electron chi connectivity index (χ0n) is 13.0. The highest BCUT2D eigenvalue weighted by Gasteiger charge is 2.32. The Labute approximate surface area is 140 Å². The number of hydrogen-bond acceptors (Lipinski definition) is 4. The molecule has 1 atom stereocenters. The molecule has 6 nitrogen and oxygen atoms in total. The van der Waals surface area contributed by atoms with Crippen LogP contribution in [0.2, 0.25) is 0 Å². The van der Waals surface area contributed by atoms with Crippen molar-refractivity contribution in [3.8, 4) is 0 Å². The van der Waals surface area contributed by atoms with Crippen LogP contribution < -0.4 is 10.6 Å². The first-order chi connectivity index (χ1) is 11.4. The van der Waals surface area contributed by atoms with E-state index < -0.39 is 15.8 Å². The van der Waals surface area contributed by atoms with Gasteiger partial charge in [-0.15, -0.1) is 0 Å². The molecule has 1 unspecified atom stereocenters. The third-order valence-corrected chi connectivity index (χ3v) is 5.86. The summed E-state index contributed by atoms with van der Waals surface area (Å²) in [7, 11) is -3.11. The molecule has 3 rings (SSSR count). The highest BCUT2D eigenvalue weighted by molar-refractivity contribution is 7.91. The maximum Gasteiger partial charge on any atom is 0.243 e. The van der Waals surface area contributed by atoms with Crippen molar-refractivity contribution in [3.05, 3.63) is 42.5 Å². The van der Waals surface area contributed by atoms with Gasteiger partial charge in [-0.1, -0.05) is 36.4 Å². The fraction of sp³-hybridized carbons (Fsp3) is 0.294. The third kappa shape index (κ3) is 3.73. The second-order valence-corrected chi connectivity index (χ2v) is 8.12. The molecule has 1 aliphatic heterocycles. The summed E-state index contributed by atoms with van der Waals surface area (Å²) in [4.78, 5) is 24.0. The molecule has 126 valence electrons. The summed E-state index contributed by atoms with van der Waals surface area (Å²) in [5.41, 5.74) is 0.677. The van der Waals surface area contributed by atoms with Gasteiger partial charge < -0.3 is 10.6 Å². The molecule has 1 saturated heterocycles. The molecule has 2 aromatic carbocycles. The minimum absolute atomic E-state index is 0.0350. The Balaban J connectivity index is 1.59. The van der Waals surface area contributed by atoms with Crippen LogP contribution in [0.1, 0.15) is 6.42 Å². The van der Waals surface area contributed by atoms with Crippen molar-refractivity contribution in [1.82, 2.24) is 5.32 Å². The predicted octanol–water partition coefficient (Wildman–Crippen LogP) is 1.33. The number of hydrogen-bond donors (Lipinski definition) is 2. The summed E-state index contributed by atoms with van der Waals surface area (Å²) in [6, 6.07) is 13.3. The summed E-state index contributed by atoms with van der Waals surface area (Å²) in [6.45, 7) is -0.182. The van der Waals surface area contributed by atoms with Gasteiger partial charge in [0.15, 0.2) is 9.84 Å². The van der Waals surface area contributed by atoms with Gasteiger partial charge in [-0.3, -0.25) is 9.59 Å². The lowest BCUT2D eigenvalue weighted by atomic mass is 10.1. The Kier molecular flexibility index (Phi) is 4.53. The van der Waals surface area contributed by atoms with Gasteiger partial charge in [-0.05, 0) is 17.9 Å². The van der Waals surface area contributed by atoms with E-state index in [1.807, 2.05) is 36.4 Å². The molecule has 0 spiro atoms. The molecule has 2 aromatic rings. The second kappa shape index (κ2) is 6.60. The molecule has 1 heterocycles. The summed E-state index contributed by atoms with van der Waals surface area (Å²) in [5.74, 6) is -1.39. The quantitative estimate of drug-likeness (QED) is 0.873. The number of fused-ring (bicyclic) bond motifs is 1. The van der Waals surface area contributed by atoms with E-state index in [9.17, 15) is 18.0 Å². The smallest absolute Gasteiger partial charge is 0.243 e. The molecule has 0 saturated carbocycles. The van der Waals surface area contributed by atoms with Crippen LogP contribution in [-0.4, -0.2) is 38.3 Å². The second-order valence-electron chi connectivity index (χ2n) is 5.89. The van der Waals surface area contributed by atoms with Gasteiger partial charge in [0.2, 0.25) is 11.8 Å². The van der Waals surface area contributed by atoms with Crippen molar-refractivity contribution in [3.63, 3.8) is 0 Å². The molecule has 0 radical (unpaired) electrons. The Bertz CT molecular complexity index is 887. The number of anilines is 1. The van der Waals surface area contributed by atoms with E-state index in [2.05, 4.69) is 10.6 Å². The molecule has 1 aliphatic rings. The third-order valence-electron chi connectivity index (χ3n) is 4.09. The largest absolute Gasteiger partial charge is 0.347 e. The van der Waals surface area contributed by atoms with Crippen molar-refractivity contribution in [1.29, 1.82) is 0 Å². The zero-order valence-corrected chi connectivity index (χ0v) is 13.8. The van der Waals surface area contributed by atoms with Crippen molar-refractivity contribution in [2.75, 3.05) is 23.4 Å². The van der Waals surface area contributed by atoms with E-state index in [4.69, 9.17) is 0 Å². The molecular weight excluding hydrogens is 328 g/mol. The average Bonchev–Trinajstić information content (AvgIpc) is 2.93. The molecular formula is C17H18N2O4S. The highest BCUT2D eigenvalue weighted by atomic mass is 32.2. The van der Waals surface area contributed by atoms with E-state index in [0.29, 0.717) is 12.1 Å². The molecule has 0 aliphatic carbocycles. The van der Waals surface area contributed by atoms with Gasteiger partial charge in [0, 0.05) is 11.1 Å². The number of carbonyl (C=O) groups is 2. The van der Waals surface area contributed by atoms with Gasteiger partial charge >= 0.3 is 0 Å². The Hall–Kier alpha value is -2.41. The van der Waals surface area contributed by atoms with Gasteiger partial charge in [-0.25, -0.2) is 8.42 Å². The minimum atomic E-state index is -3.11. The fourth-order valence-corrected chi connectivity index (χ4v) is 4.58. The van der Waals surface area contributed by atoms with Crippen molar-refractivity contribution < 1.29 is 18.0 Å². The van der Waals surface area contributed by atoms with E-state index in [1.165, 1.54) is 0 Å². The molecule has 24 heavy (non-hydrogen) atoms. The number of sulfone groups is 1. The number of benzene rings is 2. The topological polar surface area (TPSA) is 92.3 Å². The summed E-state index contributed by atoms with van der Waals surface area (Å²) in [6.07, 6.45) is 0.319. The number of rotatable bonds is 4. The highest BCUT2D eigenvalue weighted by Crippen LogP contribution is 2.22. The molecule has 2 amide bonds. The van der Waals surface area contributed by atoms with Crippen LogP contribution >= 0.6 is 0 Å². The molecule has 0 aromatic heterocycles. The molecule has 0 bridgehead atoms. The van der Waals surface area contributed by atoms with Crippen LogP contribution in [0.5, 0.6) is 0 Å². The van der Waals surface area contributed by atoms with E-state index in [0.717, 1.165) is 10.8 Å².